The lowest BCUT2D eigenvalue weighted by Crippen LogP contribution is -2.60. The van der Waals surface area contributed by atoms with E-state index in [4.69, 9.17) is 21.6 Å². The highest BCUT2D eigenvalue weighted by Gasteiger charge is 2.42. The van der Waals surface area contributed by atoms with Gasteiger partial charge in [0.25, 0.3) is 0 Å². The third kappa shape index (κ3) is 2.16. The van der Waals surface area contributed by atoms with E-state index in [1.165, 1.54) is 6.07 Å². The van der Waals surface area contributed by atoms with Gasteiger partial charge in [-0.3, -0.25) is 0 Å². The van der Waals surface area contributed by atoms with Crippen molar-refractivity contribution < 1.29 is 9.13 Å². The molecule has 6 heteroatoms. The molecule has 0 atom stereocenters. The van der Waals surface area contributed by atoms with E-state index in [1.54, 1.807) is 11.3 Å². The molecule has 0 radical (unpaired) electrons. The minimum atomic E-state index is -0.618. The summed E-state index contributed by atoms with van der Waals surface area (Å²) in [4.78, 5) is 1.07. The smallest absolute Gasteiger partial charge is 0.168 e. The zero-order valence-corrected chi connectivity index (χ0v) is 11.9. The van der Waals surface area contributed by atoms with E-state index in [0.717, 1.165) is 10.9 Å². The van der Waals surface area contributed by atoms with Crippen LogP contribution in [0.5, 0.6) is 5.75 Å². The molecule has 3 nitrogen and oxygen atoms in total. The number of halogens is 2. The minimum Gasteiger partial charge on any atom is -0.478 e. The zero-order chi connectivity index (χ0) is 14.2. The summed E-state index contributed by atoms with van der Waals surface area (Å²) in [7, 11) is 0. The molecule has 0 amide bonds. The molecule has 102 valence electrons. The van der Waals surface area contributed by atoms with E-state index < -0.39 is 11.4 Å². The maximum Gasteiger partial charge on any atom is 0.168 e. The first-order chi connectivity index (χ1) is 9.64. The summed E-state index contributed by atoms with van der Waals surface area (Å²) in [5.41, 5.74) is -0.351. The Morgan fingerprint density at radius 1 is 1.45 bits per heavy atom. The number of hydrogen-bond donors (Lipinski definition) is 1. The second kappa shape index (κ2) is 5.06. The van der Waals surface area contributed by atoms with Crippen LogP contribution >= 0.6 is 22.9 Å². The summed E-state index contributed by atoms with van der Waals surface area (Å²) in [5.74, 6) is -0.304. The first kappa shape index (κ1) is 13.4. The molecule has 1 N–H and O–H groups in total. The number of rotatable bonds is 3. The van der Waals surface area contributed by atoms with Crippen LogP contribution in [0.2, 0.25) is 5.02 Å². The summed E-state index contributed by atoms with van der Waals surface area (Å²) in [5, 5.41) is 14.2. The fourth-order valence-corrected chi connectivity index (χ4v) is 3.11. The van der Waals surface area contributed by atoms with Crippen LogP contribution in [0, 0.1) is 17.1 Å². The number of nitrogens with zero attached hydrogens (tertiary/aromatic N) is 1. The predicted octanol–water partition coefficient (Wildman–Crippen LogP) is 3.29. The summed E-state index contributed by atoms with van der Waals surface area (Å²) in [6, 6.07) is 8.35. The van der Waals surface area contributed by atoms with E-state index >= 15 is 0 Å². The molecule has 1 fully saturated rings. The molecule has 0 spiro atoms. The van der Waals surface area contributed by atoms with Crippen molar-refractivity contribution in [3.05, 3.63) is 50.9 Å². The molecule has 2 heterocycles. The third-order valence-corrected chi connectivity index (χ3v) is 4.58. The van der Waals surface area contributed by atoms with Crippen LogP contribution in [0.1, 0.15) is 10.4 Å². The maximum absolute atomic E-state index is 13.4. The van der Waals surface area contributed by atoms with Gasteiger partial charge in [0.1, 0.15) is 17.6 Å². The third-order valence-electron chi connectivity index (χ3n) is 3.24. The largest absolute Gasteiger partial charge is 0.478 e. The second-order valence-corrected chi connectivity index (χ2v) is 5.91. The minimum absolute atomic E-state index is 0.0485. The van der Waals surface area contributed by atoms with Crippen molar-refractivity contribution in [2.75, 3.05) is 13.1 Å². The highest BCUT2D eigenvalue weighted by Crippen LogP contribution is 2.37. The number of benzene rings is 1. The molecule has 1 aliphatic heterocycles. The molecule has 0 aliphatic carbocycles. The SMILES string of the molecule is N#Cc1cc(F)c(Cl)cc1OC1(c2cccs2)CNC1. The van der Waals surface area contributed by atoms with Gasteiger partial charge in [-0.2, -0.15) is 5.26 Å². The summed E-state index contributed by atoms with van der Waals surface area (Å²) in [6.07, 6.45) is 0. The van der Waals surface area contributed by atoms with Gasteiger partial charge in [-0.15, -0.1) is 11.3 Å². The van der Waals surface area contributed by atoms with E-state index in [-0.39, 0.29) is 10.6 Å². The normalized spacial score (nSPS) is 16.2. The molecule has 2 aromatic rings. The van der Waals surface area contributed by atoms with Crippen LogP contribution in [0.3, 0.4) is 0 Å². The quantitative estimate of drug-likeness (QED) is 0.946. The lowest BCUT2D eigenvalue weighted by atomic mass is 9.94. The standard InChI is InChI=1S/C14H10ClFN2OS/c15-10-5-12(9(6-17)4-11(10)16)19-14(7-18-8-14)13-2-1-3-20-13/h1-5,18H,7-8H2. The molecule has 0 bridgehead atoms. The second-order valence-electron chi connectivity index (χ2n) is 4.55. The van der Waals surface area contributed by atoms with E-state index in [9.17, 15) is 4.39 Å². The van der Waals surface area contributed by atoms with Crippen molar-refractivity contribution in [3.8, 4) is 11.8 Å². The Hall–Kier alpha value is -1.61. The fourth-order valence-electron chi connectivity index (χ4n) is 2.10. The maximum atomic E-state index is 13.4. The number of nitrogens with one attached hydrogen (secondary N) is 1. The van der Waals surface area contributed by atoms with Crippen molar-refractivity contribution in [3.63, 3.8) is 0 Å². The van der Waals surface area contributed by atoms with Crippen LogP contribution in [0.15, 0.2) is 29.6 Å². The van der Waals surface area contributed by atoms with Crippen LogP contribution in [0.4, 0.5) is 4.39 Å². The Kier molecular flexibility index (Phi) is 3.38. The lowest BCUT2D eigenvalue weighted by Gasteiger charge is -2.42. The van der Waals surface area contributed by atoms with Gasteiger partial charge in [-0.05, 0) is 17.5 Å². The monoisotopic (exact) mass is 308 g/mol. The molecule has 0 saturated carbocycles. The Morgan fingerprint density at radius 3 is 2.80 bits per heavy atom. The molecule has 20 heavy (non-hydrogen) atoms. The summed E-state index contributed by atoms with van der Waals surface area (Å²) >= 11 is 7.37. The summed E-state index contributed by atoms with van der Waals surface area (Å²) in [6.45, 7) is 1.29. The highest BCUT2D eigenvalue weighted by atomic mass is 35.5. The number of thiophene rings is 1. The van der Waals surface area contributed by atoms with E-state index in [1.807, 2.05) is 23.6 Å². The van der Waals surface area contributed by atoms with Crippen molar-refractivity contribution in [2.24, 2.45) is 0 Å². The van der Waals surface area contributed by atoms with Gasteiger partial charge in [0.15, 0.2) is 5.60 Å². The van der Waals surface area contributed by atoms with Gasteiger partial charge in [0.2, 0.25) is 0 Å². The molecule has 3 rings (SSSR count). The number of hydrogen-bond acceptors (Lipinski definition) is 4. The van der Waals surface area contributed by atoms with Crippen LogP contribution < -0.4 is 10.1 Å². The average Bonchev–Trinajstić information content (AvgIpc) is 2.91. The molecule has 0 unspecified atom stereocenters. The molecular formula is C14H10ClFN2OS. The Bertz CT molecular complexity index is 677. The number of nitriles is 1. The van der Waals surface area contributed by atoms with Crippen molar-refractivity contribution in [1.29, 1.82) is 5.26 Å². The molecule has 1 aliphatic rings. The van der Waals surface area contributed by atoms with Crippen LogP contribution in [0.25, 0.3) is 0 Å². The molecule has 1 aromatic heterocycles. The first-order valence-electron chi connectivity index (χ1n) is 5.97. The van der Waals surface area contributed by atoms with Crippen LogP contribution in [-0.2, 0) is 5.60 Å². The molecule has 1 saturated heterocycles. The number of ether oxygens (including phenoxy) is 1. The fraction of sp³-hybridized carbons (Fsp3) is 0.214. The predicted molar refractivity (Wildman–Crippen MR) is 75.6 cm³/mol. The molecular weight excluding hydrogens is 299 g/mol. The summed E-state index contributed by atoms with van der Waals surface area (Å²) < 4.78 is 19.4. The van der Waals surface area contributed by atoms with Gasteiger partial charge in [-0.25, -0.2) is 4.39 Å². The zero-order valence-electron chi connectivity index (χ0n) is 10.3. The Balaban J connectivity index is 1.99. The van der Waals surface area contributed by atoms with Crippen molar-refractivity contribution >= 4 is 22.9 Å². The van der Waals surface area contributed by atoms with Crippen molar-refractivity contribution in [1.82, 2.24) is 5.32 Å². The lowest BCUT2D eigenvalue weighted by molar-refractivity contribution is 0.0153. The van der Waals surface area contributed by atoms with E-state index in [0.29, 0.717) is 18.8 Å². The Labute approximate surface area is 124 Å². The first-order valence-corrected chi connectivity index (χ1v) is 7.23. The van der Waals surface area contributed by atoms with Gasteiger partial charge in [0, 0.05) is 19.2 Å². The average molecular weight is 309 g/mol. The van der Waals surface area contributed by atoms with E-state index in [2.05, 4.69) is 5.32 Å². The van der Waals surface area contributed by atoms with Gasteiger partial charge < -0.3 is 10.1 Å². The molecule has 1 aromatic carbocycles. The van der Waals surface area contributed by atoms with Gasteiger partial charge in [-0.1, -0.05) is 17.7 Å². The van der Waals surface area contributed by atoms with Crippen molar-refractivity contribution in [2.45, 2.75) is 5.60 Å². The van der Waals surface area contributed by atoms with Gasteiger partial charge >= 0.3 is 0 Å². The topological polar surface area (TPSA) is 45.0 Å². The Morgan fingerprint density at radius 2 is 2.25 bits per heavy atom. The van der Waals surface area contributed by atoms with Gasteiger partial charge in [0.05, 0.1) is 15.5 Å². The highest BCUT2D eigenvalue weighted by molar-refractivity contribution is 7.10. The van der Waals surface area contributed by atoms with Crippen LogP contribution in [-0.4, -0.2) is 13.1 Å².